The van der Waals surface area contributed by atoms with Gasteiger partial charge in [-0.15, -0.1) is 0 Å². The number of carbonyl (C=O) groups excluding carboxylic acids is 2. The summed E-state index contributed by atoms with van der Waals surface area (Å²) >= 11 is 0. The van der Waals surface area contributed by atoms with Gasteiger partial charge in [0.2, 0.25) is 5.91 Å². The Labute approximate surface area is 180 Å². The van der Waals surface area contributed by atoms with Gasteiger partial charge in [-0.2, -0.15) is 0 Å². The van der Waals surface area contributed by atoms with Gasteiger partial charge in [-0.05, 0) is 28.7 Å². The number of aliphatic hydroxyl groups excluding tert-OH is 1. The van der Waals surface area contributed by atoms with E-state index in [9.17, 15) is 19.5 Å². The van der Waals surface area contributed by atoms with Crippen LogP contribution in [-0.4, -0.2) is 53.5 Å². The highest BCUT2D eigenvalue weighted by atomic mass is 16.5. The van der Waals surface area contributed by atoms with Gasteiger partial charge >= 0.3 is 12.1 Å². The molecule has 0 fully saturated rings. The maximum absolute atomic E-state index is 12.3. The number of alkyl carbamates (subject to hydrolysis) is 1. The zero-order valence-electron chi connectivity index (χ0n) is 17.2. The smallest absolute Gasteiger partial charge is 0.407 e. The zero-order valence-corrected chi connectivity index (χ0v) is 17.2. The number of fused-ring (bicyclic) bond motifs is 3. The Balaban J connectivity index is 1.54. The predicted molar refractivity (Wildman–Crippen MR) is 114 cm³/mol. The first-order chi connectivity index (χ1) is 14.9. The third kappa shape index (κ3) is 5.21. The van der Waals surface area contributed by atoms with Crippen LogP contribution in [0.4, 0.5) is 4.79 Å². The van der Waals surface area contributed by atoms with E-state index < -0.39 is 30.1 Å². The summed E-state index contributed by atoms with van der Waals surface area (Å²) in [5, 5.41) is 23.0. The summed E-state index contributed by atoms with van der Waals surface area (Å²) in [4.78, 5) is 35.2. The van der Waals surface area contributed by atoms with Gasteiger partial charge in [0, 0.05) is 18.9 Å². The van der Waals surface area contributed by atoms with E-state index in [1.165, 1.54) is 0 Å². The predicted octanol–water partition coefficient (Wildman–Crippen LogP) is 2.26. The molecule has 2 atom stereocenters. The monoisotopic (exact) mass is 426 g/mol. The Bertz CT molecular complexity index is 915. The molecule has 0 heterocycles. The van der Waals surface area contributed by atoms with Gasteiger partial charge in [-0.25, -0.2) is 9.59 Å². The highest BCUT2D eigenvalue weighted by Crippen LogP contribution is 2.44. The lowest BCUT2D eigenvalue weighted by molar-refractivity contribution is -0.147. The maximum atomic E-state index is 12.3. The summed E-state index contributed by atoms with van der Waals surface area (Å²) < 4.78 is 5.45. The van der Waals surface area contributed by atoms with Crippen LogP contribution in [0.1, 0.15) is 36.8 Å². The number of aliphatic hydroxyl groups is 1. The van der Waals surface area contributed by atoms with Crippen molar-refractivity contribution >= 4 is 18.0 Å². The molecule has 0 saturated carbocycles. The van der Waals surface area contributed by atoms with E-state index >= 15 is 0 Å². The van der Waals surface area contributed by atoms with Crippen LogP contribution < -0.4 is 10.6 Å². The van der Waals surface area contributed by atoms with E-state index in [-0.39, 0.29) is 25.5 Å². The highest BCUT2D eigenvalue weighted by Gasteiger charge is 2.29. The number of carboxylic acid groups (broad SMARTS) is 1. The number of rotatable bonds is 9. The van der Waals surface area contributed by atoms with Crippen molar-refractivity contribution in [3.05, 3.63) is 59.7 Å². The molecule has 4 N–H and O–H groups in total. The van der Waals surface area contributed by atoms with E-state index in [1.54, 1.807) is 6.92 Å². The first-order valence-electron chi connectivity index (χ1n) is 10.2. The zero-order chi connectivity index (χ0) is 22.4. The lowest BCUT2D eigenvalue weighted by atomic mass is 9.98. The SMILES string of the molecule is CCC(NC(=O)OCC1c2ccccc2-c2ccccc21)C(=O)NCCC(O)C(=O)O. The van der Waals surface area contributed by atoms with Gasteiger partial charge in [0.1, 0.15) is 12.6 Å². The molecular weight excluding hydrogens is 400 g/mol. The molecule has 0 aliphatic heterocycles. The molecule has 2 aromatic carbocycles. The summed E-state index contributed by atoms with van der Waals surface area (Å²) in [6.07, 6.45) is -2.04. The minimum absolute atomic E-state index is 0.0187. The summed E-state index contributed by atoms with van der Waals surface area (Å²) in [7, 11) is 0. The van der Waals surface area contributed by atoms with Crippen LogP contribution in [-0.2, 0) is 14.3 Å². The molecule has 31 heavy (non-hydrogen) atoms. The molecule has 8 nitrogen and oxygen atoms in total. The molecule has 3 rings (SSSR count). The number of carbonyl (C=O) groups is 3. The van der Waals surface area contributed by atoms with E-state index in [0.29, 0.717) is 6.42 Å². The van der Waals surface area contributed by atoms with Crippen molar-refractivity contribution in [3.63, 3.8) is 0 Å². The number of nitrogens with one attached hydrogen (secondary N) is 2. The Hall–Kier alpha value is -3.39. The number of ether oxygens (including phenoxy) is 1. The highest BCUT2D eigenvalue weighted by molar-refractivity contribution is 5.85. The summed E-state index contributed by atoms with van der Waals surface area (Å²) in [6.45, 7) is 1.86. The minimum Gasteiger partial charge on any atom is -0.479 e. The van der Waals surface area contributed by atoms with Gasteiger partial charge in [0.15, 0.2) is 6.10 Å². The number of benzene rings is 2. The van der Waals surface area contributed by atoms with Crippen molar-refractivity contribution in [2.75, 3.05) is 13.2 Å². The van der Waals surface area contributed by atoms with Crippen molar-refractivity contribution in [2.45, 2.75) is 37.8 Å². The molecular formula is C23H26N2O6. The molecule has 0 aromatic heterocycles. The van der Waals surface area contributed by atoms with Crippen molar-refractivity contribution in [1.29, 1.82) is 0 Å². The van der Waals surface area contributed by atoms with Gasteiger partial charge in [-0.1, -0.05) is 55.5 Å². The quantitative estimate of drug-likeness (QED) is 0.487. The third-order valence-electron chi connectivity index (χ3n) is 5.36. The largest absolute Gasteiger partial charge is 0.479 e. The Morgan fingerprint density at radius 1 is 1.03 bits per heavy atom. The lowest BCUT2D eigenvalue weighted by Crippen LogP contribution is -2.47. The molecule has 2 aromatic rings. The van der Waals surface area contributed by atoms with E-state index in [0.717, 1.165) is 22.3 Å². The van der Waals surface area contributed by atoms with Crippen molar-refractivity contribution in [3.8, 4) is 11.1 Å². The van der Waals surface area contributed by atoms with Crippen LogP contribution in [0.3, 0.4) is 0 Å². The topological polar surface area (TPSA) is 125 Å². The average molecular weight is 426 g/mol. The number of amides is 2. The molecule has 0 radical (unpaired) electrons. The van der Waals surface area contributed by atoms with Crippen LogP contribution in [0.15, 0.2) is 48.5 Å². The van der Waals surface area contributed by atoms with Crippen LogP contribution in [0.2, 0.25) is 0 Å². The van der Waals surface area contributed by atoms with Crippen LogP contribution in [0, 0.1) is 0 Å². The van der Waals surface area contributed by atoms with Crippen molar-refractivity contribution in [2.24, 2.45) is 0 Å². The molecule has 0 saturated heterocycles. The van der Waals surface area contributed by atoms with Gasteiger partial charge in [0.05, 0.1) is 0 Å². The molecule has 164 valence electrons. The molecule has 2 unspecified atom stereocenters. The summed E-state index contributed by atoms with van der Waals surface area (Å²) in [5.41, 5.74) is 4.44. The van der Waals surface area contributed by atoms with E-state index in [4.69, 9.17) is 9.84 Å². The van der Waals surface area contributed by atoms with E-state index in [1.807, 2.05) is 48.5 Å². The molecule has 8 heteroatoms. The summed E-state index contributed by atoms with van der Waals surface area (Å²) in [6, 6.07) is 15.2. The maximum Gasteiger partial charge on any atom is 0.407 e. The van der Waals surface area contributed by atoms with Crippen LogP contribution >= 0.6 is 0 Å². The Morgan fingerprint density at radius 2 is 1.61 bits per heavy atom. The van der Waals surface area contributed by atoms with Gasteiger partial charge in [0.25, 0.3) is 0 Å². The average Bonchev–Trinajstić information content (AvgIpc) is 3.09. The second-order valence-electron chi connectivity index (χ2n) is 7.36. The fourth-order valence-electron chi connectivity index (χ4n) is 3.71. The number of hydrogen-bond acceptors (Lipinski definition) is 5. The lowest BCUT2D eigenvalue weighted by Gasteiger charge is -2.19. The first kappa shape index (κ1) is 22.3. The summed E-state index contributed by atoms with van der Waals surface area (Å²) in [5.74, 6) is -1.89. The Morgan fingerprint density at radius 3 is 2.16 bits per heavy atom. The van der Waals surface area contributed by atoms with E-state index in [2.05, 4.69) is 10.6 Å². The second-order valence-corrected chi connectivity index (χ2v) is 7.36. The number of carboxylic acids is 1. The third-order valence-corrected chi connectivity index (χ3v) is 5.36. The number of aliphatic carboxylic acids is 1. The number of hydrogen-bond donors (Lipinski definition) is 4. The Kier molecular flexibility index (Phi) is 7.25. The van der Waals surface area contributed by atoms with Crippen molar-refractivity contribution in [1.82, 2.24) is 10.6 Å². The molecule has 0 bridgehead atoms. The molecule has 1 aliphatic carbocycles. The molecule has 1 aliphatic rings. The molecule has 2 amide bonds. The minimum atomic E-state index is -1.55. The van der Waals surface area contributed by atoms with Gasteiger partial charge in [-0.3, -0.25) is 4.79 Å². The standard InChI is InChI=1S/C23H26N2O6/c1-2-19(21(27)24-12-11-20(26)22(28)29)25-23(30)31-13-18-16-9-5-3-7-14(16)15-8-4-6-10-17(15)18/h3-10,18-20,26H,2,11-13H2,1H3,(H,24,27)(H,25,30)(H,28,29). The van der Waals surface area contributed by atoms with Gasteiger partial charge < -0.3 is 25.6 Å². The molecule has 0 spiro atoms. The van der Waals surface area contributed by atoms with Crippen LogP contribution in [0.5, 0.6) is 0 Å². The van der Waals surface area contributed by atoms with Crippen molar-refractivity contribution < 1.29 is 29.3 Å². The normalized spacial score (nSPS) is 14.1. The van der Waals surface area contributed by atoms with Crippen LogP contribution in [0.25, 0.3) is 11.1 Å². The first-order valence-corrected chi connectivity index (χ1v) is 10.2. The second kappa shape index (κ2) is 10.1. The fraction of sp³-hybridized carbons (Fsp3) is 0.348. The fourth-order valence-corrected chi connectivity index (χ4v) is 3.71.